The van der Waals surface area contributed by atoms with Crippen LogP contribution in [0.25, 0.3) is 0 Å². The van der Waals surface area contributed by atoms with E-state index in [4.69, 9.17) is 4.74 Å². The molecule has 0 spiro atoms. The van der Waals surface area contributed by atoms with E-state index >= 15 is 0 Å². The van der Waals surface area contributed by atoms with Crippen molar-refractivity contribution in [1.29, 1.82) is 0 Å². The Bertz CT molecular complexity index is 813. The lowest BCUT2D eigenvalue weighted by atomic mass is 9.88. The Kier molecular flexibility index (Phi) is 7.58. The van der Waals surface area contributed by atoms with Gasteiger partial charge in [0.1, 0.15) is 0 Å². The van der Waals surface area contributed by atoms with Crippen LogP contribution in [0.1, 0.15) is 43.0 Å². The average Bonchev–Trinajstić information content (AvgIpc) is 2.73. The van der Waals surface area contributed by atoms with Gasteiger partial charge in [-0.05, 0) is 49.1 Å². The maximum atomic E-state index is 12.2. The summed E-state index contributed by atoms with van der Waals surface area (Å²) in [5, 5.41) is 8.37. The maximum Gasteiger partial charge on any atom is 0.319 e. The molecular formula is C22H28N4O3. The summed E-state index contributed by atoms with van der Waals surface area (Å²) >= 11 is 0. The Hall–Kier alpha value is -2.93. The minimum Gasteiger partial charge on any atom is -0.376 e. The summed E-state index contributed by atoms with van der Waals surface area (Å²) < 4.78 is 5.91. The number of hydrogen-bond acceptors (Lipinski definition) is 4. The predicted molar refractivity (Wildman–Crippen MR) is 113 cm³/mol. The van der Waals surface area contributed by atoms with Gasteiger partial charge in [0.25, 0.3) is 5.91 Å². The Morgan fingerprint density at radius 2 is 1.90 bits per heavy atom. The maximum absolute atomic E-state index is 12.2. The van der Waals surface area contributed by atoms with Crippen molar-refractivity contribution in [3.63, 3.8) is 0 Å². The van der Waals surface area contributed by atoms with Crippen LogP contribution in [0.3, 0.4) is 0 Å². The fourth-order valence-corrected chi connectivity index (χ4v) is 3.46. The van der Waals surface area contributed by atoms with Crippen LogP contribution in [0.5, 0.6) is 0 Å². The molecule has 7 heteroatoms. The van der Waals surface area contributed by atoms with Gasteiger partial charge in [-0.15, -0.1) is 0 Å². The lowest BCUT2D eigenvalue weighted by Crippen LogP contribution is -2.34. The standard InChI is InChI=1S/C22H28N4O3/c1-16-6-2-3-10-20(16)29-13-12-24-22(28)26-19-9-4-8-18(14-19)25-21(27)17-7-5-11-23-15-17/h4-5,7-9,11,14-16,20H,2-3,6,10,12-13H2,1H3,(H,25,27)(H2,24,26,28)/t16-,20-/m0/s1. The van der Waals surface area contributed by atoms with Crippen LogP contribution in [0.2, 0.25) is 0 Å². The lowest BCUT2D eigenvalue weighted by Gasteiger charge is -2.28. The van der Waals surface area contributed by atoms with Gasteiger partial charge in [-0.25, -0.2) is 4.79 Å². The van der Waals surface area contributed by atoms with Gasteiger partial charge in [0, 0.05) is 30.3 Å². The van der Waals surface area contributed by atoms with Crippen LogP contribution in [-0.4, -0.2) is 36.2 Å². The average molecular weight is 396 g/mol. The van der Waals surface area contributed by atoms with Gasteiger partial charge in [-0.2, -0.15) is 0 Å². The van der Waals surface area contributed by atoms with Crippen molar-refractivity contribution in [2.24, 2.45) is 5.92 Å². The highest BCUT2D eigenvalue weighted by molar-refractivity contribution is 6.04. The molecule has 2 aromatic rings. The van der Waals surface area contributed by atoms with Crippen LogP contribution in [0.4, 0.5) is 16.2 Å². The molecule has 29 heavy (non-hydrogen) atoms. The number of carbonyl (C=O) groups is 2. The SMILES string of the molecule is C[C@H]1CCCC[C@@H]1OCCNC(=O)Nc1cccc(NC(=O)c2cccnc2)c1. The summed E-state index contributed by atoms with van der Waals surface area (Å²) in [6.07, 6.45) is 8.23. The first kappa shape index (κ1) is 20.8. The molecule has 0 saturated heterocycles. The van der Waals surface area contributed by atoms with Gasteiger partial charge in [0.15, 0.2) is 0 Å². The molecule has 1 aromatic carbocycles. The number of hydrogen-bond donors (Lipinski definition) is 3. The van der Waals surface area contributed by atoms with Crippen molar-refractivity contribution < 1.29 is 14.3 Å². The molecule has 0 bridgehead atoms. The molecule has 1 fully saturated rings. The van der Waals surface area contributed by atoms with Gasteiger partial charge in [0.2, 0.25) is 0 Å². The first-order chi connectivity index (χ1) is 14.1. The topological polar surface area (TPSA) is 92.4 Å². The first-order valence-corrected chi connectivity index (χ1v) is 10.1. The number of ether oxygens (including phenoxy) is 1. The molecular weight excluding hydrogens is 368 g/mol. The van der Waals surface area contributed by atoms with Gasteiger partial charge in [0.05, 0.1) is 18.3 Å². The molecule has 1 heterocycles. The van der Waals surface area contributed by atoms with E-state index in [2.05, 4.69) is 27.9 Å². The Morgan fingerprint density at radius 3 is 2.66 bits per heavy atom. The highest BCUT2D eigenvalue weighted by Crippen LogP contribution is 2.26. The Morgan fingerprint density at radius 1 is 1.10 bits per heavy atom. The smallest absolute Gasteiger partial charge is 0.319 e. The van der Waals surface area contributed by atoms with E-state index in [1.165, 1.54) is 25.5 Å². The second kappa shape index (κ2) is 10.6. The van der Waals surface area contributed by atoms with E-state index < -0.39 is 0 Å². The molecule has 1 aliphatic carbocycles. The lowest BCUT2D eigenvalue weighted by molar-refractivity contribution is -0.00232. The minimum atomic E-state index is -0.305. The minimum absolute atomic E-state index is 0.256. The van der Waals surface area contributed by atoms with Crippen molar-refractivity contribution >= 4 is 23.3 Å². The highest BCUT2D eigenvalue weighted by atomic mass is 16.5. The van der Waals surface area contributed by atoms with Crippen LogP contribution >= 0.6 is 0 Å². The van der Waals surface area contributed by atoms with Crippen molar-refractivity contribution in [2.75, 3.05) is 23.8 Å². The molecule has 0 unspecified atom stereocenters. The van der Waals surface area contributed by atoms with Crippen LogP contribution < -0.4 is 16.0 Å². The number of anilines is 2. The van der Waals surface area contributed by atoms with Crippen molar-refractivity contribution in [2.45, 2.75) is 38.7 Å². The number of carbonyl (C=O) groups excluding carboxylic acids is 2. The zero-order valence-electron chi connectivity index (χ0n) is 16.7. The molecule has 7 nitrogen and oxygen atoms in total. The van der Waals surface area contributed by atoms with Gasteiger partial charge >= 0.3 is 6.03 Å². The van der Waals surface area contributed by atoms with Crippen LogP contribution in [0, 0.1) is 5.92 Å². The molecule has 2 atom stereocenters. The fraction of sp³-hybridized carbons (Fsp3) is 0.409. The number of urea groups is 1. The van der Waals surface area contributed by atoms with Crippen LogP contribution in [0.15, 0.2) is 48.8 Å². The molecule has 3 rings (SSSR count). The summed E-state index contributed by atoms with van der Waals surface area (Å²) in [6.45, 7) is 3.18. The van der Waals surface area contributed by atoms with E-state index in [9.17, 15) is 9.59 Å². The number of nitrogens with zero attached hydrogens (tertiary/aromatic N) is 1. The molecule has 1 aromatic heterocycles. The van der Waals surface area contributed by atoms with Crippen molar-refractivity contribution in [3.8, 4) is 0 Å². The molecule has 0 aliphatic heterocycles. The number of amides is 3. The van der Waals surface area contributed by atoms with Gasteiger partial charge < -0.3 is 20.7 Å². The third kappa shape index (κ3) is 6.57. The van der Waals surface area contributed by atoms with E-state index in [1.807, 2.05) is 0 Å². The second-order valence-corrected chi connectivity index (χ2v) is 7.33. The van der Waals surface area contributed by atoms with Gasteiger partial charge in [-0.1, -0.05) is 25.8 Å². The quantitative estimate of drug-likeness (QED) is 0.616. The largest absolute Gasteiger partial charge is 0.376 e. The van der Waals surface area contributed by atoms with E-state index in [1.54, 1.807) is 42.6 Å². The Labute approximate surface area is 171 Å². The summed E-state index contributed by atoms with van der Waals surface area (Å²) in [4.78, 5) is 28.3. The molecule has 1 aliphatic rings. The normalized spacial score (nSPS) is 18.7. The third-order valence-electron chi connectivity index (χ3n) is 5.05. The van der Waals surface area contributed by atoms with E-state index in [-0.39, 0.29) is 11.9 Å². The van der Waals surface area contributed by atoms with E-state index in [0.29, 0.717) is 42.1 Å². The number of benzene rings is 1. The highest BCUT2D eigenvalue weighted by Gasteiger charge is 2.21. The molecule has 3 amide bonds. The third-order valence-corrected chi connectivity index (χ3v) is 5.05. The van der Waals surface area contributed by atoms with Gasteiger partial charge in [-0.3, -0.25) is 9.78 Å². The summed E-state index contributed by atoms with van der Waals surface area (Å²) in [5.74, 6) is 0.330. The summed E-state index contributed by atoms with van der Waals surface area (Å²) in [6, 6.07) is 10.1. The van der Waals surface area contributed by atoms with Crippen LogP contribution in [-0.2, 0) is 4.74 Å². The predicted octanol–water partition coefficient (Wildman–Crippen LogP) is 4.05. The molecule has 154 valence electrons. The van der Waals surface area contributed by atoms with E-state index in [0.717, 1.165) is 6.42 Å². The number of aromatic nitrogens is 1. The number of nitrogens with one attached hydrogen (secondary N) is 3. The summed E-state index contributed by atoms with van der Waals surface area (Å²) in [7, 11) is 0. The molecule has 0 radical (unpaired) electrons. The van der Waals surface area contributed by atoms with Crippen molar-refractivity contribution in [1.82, 2.24) is 10.3 Å². The summed E-state index contributed by atoms with van der Waals surface area (Å²) in [5.41, 5.74) is 1.65. The fourth-order valence-electron chi connectivity index (χ4n) is 3.46. The number of rotatable bonds is 7. The van der Waals surface area contributed by atoms with Crippen molar-refractivity contribution in [3.05, 3.63) is 54.4 Å². The zero-order chi connectivity index (χ0) is 20.5. The zero-order valence-corrected chi connectivity index (χ0v) is 16.7. The first-order valence-electron chi connectivity index (χ1n) is 10.1. The molecule has 1 saturated carbocycles. The Balaban J connectivity index is 1.42. The second-order valence-electron chi connectivity index (χ2n) is 7.33. The monoisotopic (exact) mass is 396 g/mol. The molecule has 3 N–H and O–H groups in total. The number of pyridine rings is 1.